The highest BCUT2D eigenvalue weighted by Gasteiger charge is 2.48. The third-order valence-corrected chi connectivity index (χ3v) is 4.20. The molecule has 3 N–H and O–H groups in total. The predicted molar refractivity (Wildman–Crippen MR) is 63.7 cm³/mol. The number of carboxylic acids is 1. The van der Waals surface area contributed by atoms with Crippen LogP contribution in [0.3, 0.4) is 0 Å². The van der Waals surface area contributed by atoms with E-state index in [1.165, 1.54) is 18.7 Å². The smallest absolute Gasteiger partial charge is 0.322 e. The molecule has 7 heteroatoms. The molecule has 0 radical (unpaired) electrons. The lowest BCUT2D eigenvalue weighted by molar-refractivity contribution is -0.140. The number of aliphatic carboxylic acids is 1. The highest BCUT2D eigenvalue weighted by molar-refractivity contribution is 8.01. The molecule has 3 atom stereocenters. The number of Topliss-reactive ketones (excluding diaryl/α,β-unsaturated/α-hetero) is 1. The number of amides is 1. The minimum Gasteiger partial charge on any atom is -0.480 e. The Kier molecular flexibility index (Phi) is 4.16. The molecule has 0 spiro atoms. The van der Waals surface area contributed by atoms with Crippen LogP contribution in [0.5, 0.6) is 0 Å². The second-order valence-electron chi connectivity index (χ2n) is 4.45. The Hall–Kier alpha value is -1.08. The largest absolute Gasteiger partial charge is 0.480 e. The van der Waals surface area contributed by atoms with E-state index in [4.69, 9.17) is 5.11 Å². The molecule has 6 nitrogen and oxygen atoms in total. The van der Waals surface area contributed by atoms with Crippen molar-refractivity contribution in [3.8, 4) is 0 Å². The summed E-state index contributed by atoms with van der Waals surface area (Å²) >= 11 is 1.35. The zero-order valence-electron chi connectivity index (χ0n) is 9.89. The molecule has 0 aliphatic carbocycles. The molecule has 1 heterocycles. The van der Waals surface area contributed by atoms with Gasteiger partial charge in [-0.15, -0.1) is 11.8 Å². The number of hydrogen-bond donors (Lipinski definition) is 3. The fourth-order valence-corrected chi connectivity index (χ4v) is 3.39. The van der Waals surface area contributed by atoms with E-state index in [-0.39, 0.29) is 5.78 Å². The van der Waals surface area contributed by atoms with Gasteiger partial charge in [-0.3, -0.25) is 19.7 Å². The molecule has 96 valence electrons. The first kappa shape index (κ1) is 14.0. The Morgan fingerprint density at radius 1 is 1.53 bits per heavy atom. The van der Waals surface area contributed by atoms with Crippen LogP contribution >= 0.6 is 11.8 Å². The maximum atomic E-state index is 11.4. The summed E-state index contributed by atoms with van der Waals surface area (Å²) in [6.45, 7) is 4.95. The van der Waals surface area contributed by atoms with Crippen LogP contribution in [0.2, 0.25) is 0 Å². The summed E-state index contributed by atoms with van der Waals surface area (Å²) in [6.07, 6.45) is 0.454. The minimum absolute atomic E-state index is 0.205. The lowest BCUT2D eigenvalue weighted by atomic mass is 10.0. The molecule has 0 unspecified atom stereocenters. The average Bonchev–Trinajstić information content (AvgIpc) is 2.49. The Morgan fingerprint density at radius 3 is 2.47 bits per heavy atom. The Balaban J connectivity index is 2.85. The van der Waals surface area contributed by atoms with Crippen LogP contribution < -0.4 is 10.6 Å². The van der Waals surface area contributed by atoms with E-state index >= 15 is 0 Å². The molecule has 0 saturated carbocycles. The van der Waals surface area contributed by atoms with Crippen molar-refractivity contribution in [2.24, 2.45) is 0 Å². The van der Waals surface area contributed by atoms with Gasteiger partial charge in [-0.25, -0.2) is 0 Å². The second kappa shape index (κ2) is 5.05. The van der Waals surface area contributed by atoms with Gasteiger partial charge in [-0.05, 0) is 20.8 Å². The van der Waals surface area contributed by atoms with Crippen LogP contribution in [0, 0.1) is 0 Å². The maximum absolute atomic E-state index is 11.4. The van der Waals surface area contributed by atoms with Crippen molar-refractivity contribution in [3.05, 3.63) is 0 Å². The Bertz CT molecular complexity index is 345. The first-order chi connectivity index (χ1) is 7.79. The van der Waals surface area contributed by atoms with E-state index in [0.29, 0.717) is 6.41 Å². The first-order valence-corrected chi connectivity index (χ1v) is 6.04. The molecule has 1 rings (SSSR count). The molecule has 0 aromatic rings. The third-order valence-electron chi connectivity index (χ3n) is 2.69. The van der Waals surface area contributed by atoms with Crippen molar-refractivity contribution in [2.45, 2.75) is 43.0 Å². The lowest BCUT2D eigenvalue weighted by Crippen LogP contribution is -2.51. The molecule has 1 saturated heterocycles. The number of thioether (sulfide) groups is 1. The SMILES string of the molecule is CC(=O)[C@@H](NC=O)[C@@H]1N[C@@H](C(=O)O)C(C)(C)S1. The van der Waals surface area contributed by atoms with E-state index in [1.54, 1.807) is 13.8 Å². The molecule has 1 aliphatic heterocycles. The summed E-state index contributed by atoms with van der Waals surface area (Å²) < 4.78 is -0.533. The van der Waals surface area contributed by atoms with Crippen LogP contribution in [0.1, 0.15) is 20.8 Å². The molecular formula is C10H16N2O4S. The molecular weight excluding hydrogens is 244 g/mol. The van der Waals surface area contributed by atoms with E-state index < -0.39 is 28.2 Å². The number of carboxylic acid groups (broad SMARTS) is 1. The van der Waals surface area contributed by atoms with Gasteiger partial charge in [0.1, 0.15) is 12.1 Å². The number of carbonyl (C=O) groups is 3. The van der Waals surface area contributed by atoms with Crippen molar-refractivity contribution in [1.29, 1.82) is 0 Å². The quantitative estimate of drug-likeness (QED) is 0.581. The fraction of sp³-hybridized carbons (Fsp3) is 0.700. The van der Waals surface area contributed by atoms with Gasteiger partial charge in [0, 0.05) is 4.75 Å². The van der Waals surface area contributed by atoms with Crippen LogP contribution in [0.25, 0.3) is 0 Å². The van der Waals surface area contributed by atoms with E-state index in [9.17, 15) is 14.4 Å². The van der Waals surface area contributed by atoms with Gasteiger partial charge in [-0.1, -0.05) is 0 Å². The lowest BCUT2D eigenvalue weighted by Gasteiger charge is -2.21. The summed E-state index contributed by atoms with van der Waals surface area (Å²) in [6, 6.07) is -1.45. The Labute approximate surface area is 104 Å². The first-order valence-electron chi connectivity index (χ1n) is 5.16. The fourth-order valence-electron chi connectivity index (χ4n) is 1.82. The van der Waals surface area contributed by atoms with Crippen molar-refractivity contribution >= 4 is 29.9 Å². The summed E-state index contributed by atoms with van der Waals surface area (Å²) in [5, 5.41) is 13.9. The third kappa shape index (κ3) is 2.98. The standard InChI is InChI=1S/C10H16N2O4S/c1-5(14)6(11-4-13)8-12-7(9(15)16)10(2,3)17-8/h4,6-8,12H,1-3H3,(H,11,13)(H,15,16)/t6-,7+,8-/m1/s1. The van der Waals surface area contributed by atoms with Crippen LogP contribution in [0.15, 0.2) is 0 Å². The van der Waals surface area contributed by atoms with Crippen LogP contribution in [0.4, 0.5) is 0 Å². The second-order valence-corrected chi connectivity index (χ2v) is 6.25. The molecule has 1 fully saturated rings. The van der Waals surface area contributed by atoms with E-state index in [2.05, 4.69) is 10.6 Å². The monoisotopic (exact) mass is 260 g/mol. The summed E-state index contributed by atoms with van der Waals surface area (Å²) in [5.74, 6) is -1.16. The molecule has 1 aliphatic rings. The molecule has 0 aromatic carbocycles. The van der Waals surface area contributed by atoms with Crippen LogP contribution in [-0.2, 0) is 14.4 Å². The maximum Gasteiger partial charge on any atom is 0.322 e. The highest BCUT2D eigenvalue weighted by Crippen LogP contribution is 2.39. The predicted octanol–water partition coefficient (Wildman–Crippen LogP) is -0.416. The van der Waals surface area contributed by atoms with Crippen molar-refractivity contribution in [3.63, 3.8) is 0 Å². The zero-order chi connectivity index (χ0) is 13.2. The van der Waals surface area contributed by atoms with Gasteiger partial charge >= 0.3 is 5.97 Å². The average molecular weight is 260 g/mol. The number of carbonyl (C=O) groups excluding carboxylic acids is 2. The Morgan fingerprint density at radius 2 is 2.12 bits per heavy atom. The summed E-state index contributed by atoms with van der Waals surface area (Å²) in [5.41, 5.74) is 0. The summed E-state index contributed by atoms with van der Waals surface area (Å²) in [7, 11) is 0. The number of hydrogen-bond acceptors (Lipinski definition) is 5. The summed E-state index contributed by atoms with van der Waals surface area (Å²) in [4.78, 5) is 32.9. The van der Waals surface area contributed by atoms with Gasteiger partial charge in [0.05, 0.1) is 5.37 Å². The number of ketones is 1. The van der Waals surface area contributed by atoms with E-state index in [0.717, 1.165) is 0 Å². The van der Waals surface area contributed by atoms with E-state index in [1.807, 2.05) is 0 Å². The van der Waals surface area contributed by atoms with Gasteiger partial charge < -0.3 is 10.4 Å². The van der Waals surface area contributed by atoms with Crippen molar-refractivity contribution in [1.82, 2.24) is 10.6 Å². The highest BCUT2D eigenvalue weighted by atomic mass is 32.2. The molecule has 1 amide bonds. The minimum atomic E-state index is -0.960. The van der Waals surface area contributed by atoms with Gasteiger partial charge in [-0.2, -0.15) is 0 Å². The molecule has 17 heavy (non-hydrogen) atoms. The zero-order valence-corrected chi connectivity index (χ0v) is 10.7. The number of rotatable bonds is 5. The van der Waals surface area contributed by atoms with Crippen molar-refractivity contribution in [2.75, 3.05) is 0 Å². The van der Waals surface area contributed by atoms with Gasteiger partial charge in [0.25, 0.3) is 0 Å². The number of nitrogens with one attached hydrogen (secondary N) is 2. The van der Waals surface area contributed by atoms with Crippen molar-refractivity contribution < 1.29 is 19.5 Å². The van der Waals surface area contributed by atoms with Gasteiger partial charge in [0.2, 0.25) is 6.41 Å². The van der Waals surface area contributed by atoms with Crippen LogP contribution in [-0.4, -0.2) is 45.5 Å². The van der Waals surface area contributed by atoms with Gasteiger partial charge in [0.15, 0.2) is 5.78 Å². The molecule has 0 aromatic heterocycles. The normalized spacial score (nSPS) is 28.4. The molecule has 0 bridgehead atoms. The topological polar surface area (TPSA) is 95.5 Å².